The minimum atomic E-state index is 0.0589. The Labute approximate surface area is 140 Å². The van der Waals surface area contributed by atoms with Gasteiger partial charge < -0.3 is 9.88 Å². The molecule has 1 amide bonds. The number of aromatic amines is 1. The lowest BCUT2D eigenvalue weighted by atomic mass is 10.2. The van der Waals surface area contributed by atoms with E-state index < -0.39 is 0 Å². The molecule has 6 heteroatoms. The van der Waals surface area contributed by atoms with Crippen LogP contribution in [0.15, 0.2) is 36.5 Å². The summed E-state index contributed by atoms with van der Waals surface area (Å²) in [6.45, 7) is 3.43. The number of aromatic nitrogens is 4. The van der Waals surface area contributed by atoms with E-state index >= 15 is 0 Å². The first-order chi connectivity index (χ1) is 11.7. The topological polar surface area (TPSA) is 66.8 Å². The van der Waals surface area contributed by atoms with E-state index in [1.807, 2.05) is 46.8 Å². The number of likely N-dealkylation sites (tertiary alicyclic amines) is 1. The summed E-state index contributed by atoms with van der Waals surface area (Å²) >= 11 is 0. The largest absolute Gasteiger partial charge is 0.340 e. The number of fused-ring (bicyclic) bond motifs is 1. The van der Waals surface area contributed by atoms with E-state index in [0.717, 1.165) is 41.9 Å². The van der Waals surface area contributed by atoms with E-state index in [1.54, 1.807) is 6.20 Å². The third-order valence-electron chi connectivity index (χ3n) is 4.76. The van der Waals surface area contributed by atoms with Crippen LogP contribution in [0.5, 0.6) is 0 Å². The Morgan fingerprint density at radius 2 is 2.21 bits per heavy atom. The van der Waals surface area contributed by atoms with Crippen molar-refractivity contribution in [2.45, 2.75) is 38.8 Å². The van der Waals surface area contributed by atoms with Crippen molar-refractivity contribution in [1.29, 1.82) is 0 Å². The number of hydrogen-bond donors (Lipinski definition) is 1. The van der Waals surface area contributed by atoms with Gasteiger partial charge in [0.2, 0.25) is 5.91 Å². The highest BCUT2D eigenvalue weighted by Gasteiger charge is 2.31. The first-order valence-electron chi connectivity index (χ1n) is 8.45. The zero-order chi connectivity index (χ0) is 16.5. The molecule has 1 aliphatic rings. The number of imidazole rings is 1. The van der Waals surface area contributed by atoms with Crippen molar-refractivity contribution in [3.8, 4) is 0 Å². The van der Waals surface area contributed by atoms with Crippen LogP contribution >= 0.6 is 0 Å². The average Bonchev–Trinajstić information content (AvgIpc) is 3.31. The molecular formula is C18H21N5O. The fourth-order valence-electron chi connectivity index (χ4n) is 3.46. The molecule has 24 heavy (non-hydrogen) atoms. The molecule has 0 saturated carbocycles. The van der Waals surface area contributed by atoms with Crippen molar-refractivity contribution in [2.24, 2.45) is 0 Å². The monoisotopic (exact) mass is 323 g/mol. The van der Waals surface area contributed by atoms with E-state index in [9.17, 15) is 4.79 Å². The SMILES string of the molecule is Cc1ccnn1CCC(=O)N1CCC[C@H]1c1nc2ccccc2[nH]1. The van der Waals surface area contributed by atoms with Crippen molar-refractivity contribution in [2.75, 3.05) is 6.54 Å². The van der Waals surface area contributed by atoms with Gasteiger partial charge in [0.1, 0.15) is 5.82 Å². The Kier molecular flexibility index (Phi) is 3.80. The second kappa shape index (κ2) is 6.11. The van der Waals surface area contributed by atoms with Crippen LogP contribution in [-0.2, 0) is 11.3 Å². The van der Waals surface area contributed by atoms with Gasteiger partial charge in [-0.05, 0) is 38.0 Å². The summed E-state index contributed by atoms with van der Waals surface area (Å²) in [5.41, 5.74) is 3.07. The summed E-state index contributed by atoms with van der Waals surface area (Å²) in [4.78, 5) is 22.7. The zero-order valence-electron chi connectivity index (χ0n) is 13.8. The molecular weight excluding hydrogens is 302 g/mol. The molecule has 0 aliphatic carbocycles. The van der Waals surface area contributed by atoms with Gasteiger partial charge in [0.15, 0.2) is 0 Å². The standard InChI is InChI=1S/C18H21N5O/c1-13-8-10-19-23(13)12-9-17(24)22-11-4-7-16(22)18-20-14-5-2-3-6-15(14)21-18/h2-3,5-6,8,10,16H,4,7,9,11-12H2,1H3,(H,20,21)/t16-/m0/s1. The van der Waals surface area contributed by atoms with E-state index in [-0.39, 0.29) is 11.9 Å². The van der Waals surface area contributed by atoms with Crippen molar-refractivity contribution in [3.63, 3.8) is 0 Å². The van der Waals surface area contributed by atoms with Gasteiger partial charge in [-0.3, -0.25) is 9.48 Å². The predicted octanol–water partition coefficient (Wildman–Crippen LogP) is 2.82. The van der Waals surface area contributed by atoms with Gasteiger partial charge in [-0.1, -0.05) is 12.1 Å². The molecule has 0 spiro atoms. The molecule has 1 aliphatic heterocycles. The van der Waals surface area contributed by atoms with Crippen LogP contribution in [0.25, 0.3) is 11.0 Å². The van der Waals surface area contributed by atoms with E-state index in [1.165, 1.54) is 0 Å². The molecule has 6 nitrogen and oxygen atoms in total. The Morgan fingerprint density at radius 3 is 3.00 bits per heavy atom. The maximum atomic E-state index is 12.7. The van der Waals surface area contributed by atoms with Gasteiger partial charge in [0.05, 0.1) is 17.1 Å². The number of H-pyrrole nitrogens is 1. The molecule has 124 valence electrons. The number of carbonyl (C=O) groups is 1. The van der Waals surface area contributed by atoms with Gasteiger partial charge in [-0.25, -0.2) is 4.98 Å². The normalized spacial score (nSPS) is 17.7. The summed E-state index contributed by atoms with van der Waals surface area (Å²) in [5, 5.41) is 4.25. The Bertz CT molecular complexity index is 832. The second-order valence-corrected chi connectivity index (χ2v) is 6.33. The molecule has 0 unspecified atom stereocenters. The Balaban J connectivity index is 1.49. The van der Waals surface area contributed by atoms with E-state index in [4.69, 9.17) is 0 Å². The van der Waals surface area contributed by atoms with Gasteiger partial charge >= 0.3 is 0 Å². The van der Waals surface area contributed by atoms with Crippen molar-refractivity contribution in [1.82, 2.24) is 24.6 Å². The number of nitrogens with zero attached hydrogens (tertiary/aromatic N) is 4. The van der Waals surface area contributed by atoms with Crippen LogP contribution in [0.3, 0.4) is 0 Å². The summed E-state index contributed by atoms with van der Waals surface area (Å²) in [6, 6.07) is 10.0. The maximum absolute atomic E-state index is 12.7. The molecule has 4 rings (SSSR count). The van der Waals surface area contributed by atoms with Crippen LogP contribution in [0.2, 0.25) is 0 Å². The van der Waals surface area contributed by atoms with Gasteiger partial charge in [0.25, 0.3) is 0 Å². The molecule has 0 radical (unpaired) electrons. The molecule has 1 atom stereocenters. The third kappa shape index (κ3) is 2.68. The van der Waals surface area contributed by atoms with Gasteiger partial charge in [-0.15, -0.1) is 0 Å². The number of carbonyl (C=O) groups excluding carboxylic acids is 1. The highest BCUT2D eigenvalue weighted by atomic mass is 16.2. The number of hydrogen-bond acceptors (Lipinski definition) is 3. The molecule has 3 aromatic rings. The first kappa shape index (κ1) is 14.9. The minimum absolute atomic E-state index is 0.0589. The van der Waals surface area contributed by atoms with Gasteiger partial charge in [-0.2, -0.15) is 5.10 Å². The number of amides is 1. The van der Waals surface area contributed by atoms with Crippen LogP contribution in [0, 0.1) is 6.92 Å². The second-order valence-electron chi connectivity index (χ2n) is 6.33. The number of para-hydroxylation sites is 2. The van der Waals surface area contributed by atoms with Crippen molar-refractivity contribution < 1.29 is 4.79 Å². The van der Waals surface area contributed by atoms with E-state index in [2.05, 4.69) is 15.1 Å². The molecule has 1 aromatic carbocycles. The fourth-order valence-corrected chi connectivity index (χ4v) is 3.46. The summed E-state index contributed by atoms with van der Waals surface area (Å²) in [5.74, 6) is 1.07. The smallest absolute Gasteiger partial charge is 0.225 e. The predicted molar refractivity (Wildman–Crippen MR) is 91.4 cm³/mol. The van der Waals surface area contributed by atoms with E-state index in [0.29, 0.717) is 13.0 Å². The molecule has 1 saturated heterocycles. The van der Waals surface area contributed by atoms with Crippen molar-refractivity contribution >= 4 is 16.9 Å². The molecule has 2 aromatic heterocycles. The summed E-state index contributed by atoms with van der Waals surface area (Å²) in [6.07, 6.45) is 4.23. The van der Waals surface area contributed by atoms with Gasteiger partial charge in [0, 0.05) is 31.4 Å². The number of rotatable bonds is 4. The fraction of sp³-hybridized carbons (Fsp3) is 0.389. The highest BCUT2D eigenvalue weighted by Crippen LogP contribution is 2.31. The molecule has 0 bridgehead atoms. The summed E-state index contributed by atoms with van der Waals surface area (Å²) in [7, 11) is 0. The highest BCUT2D eigenvalue weighted by molar-refractivity contribution is 5.78. The average molecular weight is 323 g/mol. The maximum Gasteiger partial charge on any atom is 0.225 e. The number of aryl methyl sites for hydroxylation is 2. The Morgan fingerprint density at radius 1 is 1.33 bits per heavy atom. The first-order valence-corrected chi connectivity index (χ1v) is 8.45. The lowest BCUT2D eigenvalue weighted by molar-refractivity contribution is -0.132. The van der Waals surface area contributed by atoms with Crippen LogP contribution in [0.4, 0.5) is 0 Å². The van der Waals surface area contributed by atoms with Crippen molar-refractivity contribution in [3.05, 3.63) is 48.0 Å². The van der Waals surface area contributed by atoms with Crippen LogP contribution in [-0.4, -0.2) is 37.1 Å². The quantitative estimate of drug-likeness (QED) is 0.803. The third-order valence-corrected chi connectivity index (χ3v) is 4.76. The van der Waals surface area contributed by atoms with Crippen LogP contribution in [0.1, 0.15) is 36.8 Å². The van der Waals surface area contributed by atoms with Crippen LogP contribution < -0.4 is 0 Å². The lowest BCUT2D eigenvalue weighted by Gasteiger charge is -2.23. The minimum Gasteiger partial charge on any atom is -0.340 e. The Hall–Kier alpha value is -2.63. The number of benzene rings is 1. The number of nitrogens with one attached hydrogen (secondary N) is 1. The molecule has 1 N–H and O–H groups in total. The molecule has 1 fully saturated rings. The summed E-state index contributed by atoms with van der Waals surface area (Å²) < 4.78 is 1.88. The lowest BCUT2D eigenvalue weighted by Crippen LogP contribution is -2.31. The zero-order valence-corrected chi connectivity index (χ0v) is 13.8. The molecule has 3 heterocycles.